The number of carbonyl (C=O) groups excluding carboxylic acids is 3. The predicted molar refractivity (Wildman–Crippen MR) is 393 cm³/mol. The molecule has 0 saturated carbocycles. The van der Waals surface area contributed by atoms with Gasteiger partial charge in [0.25, 0.3) is 0 Å². The molecule has 0 amide bonds. The van der Waals surface area contributed by atoms with Gasteiger partial charge in [0, 0.05) is 28.1 Å². The van der Waals surface area contributed by atoms with Crippen LogP contribution < -0.4 is 13.1 Å². The van der Waals surface area contributed by atoms with E-state index < -0.39 is 136 Å². The van der Waals surface area contributed by atoms with Crippen LogP contribution in [0.4, 0.5) is 65.9 Å². The molecule has 1 fully saturated rings. The molecular weight excluding hydrogens is 1710 g/mol. The summed E-state index contributed by atoms with van der Waals surface area (Å²) in [6.45, 7) is 12.0. The number of hydrogen-bond acceptors (Lipinski definition) is 20. The number of esters is 3. The lowest BCUT2D eigenvalue weighted by Crippen LogP contribution is -2.61. The maximum Gasteiger partial charge on any atom is 0.480 e. The zero-order valence-corrected chi connectivity index (χ0v) is 67.3. The van der Waals surface area contributed by atoms with Gasteiger partial charge in [-0.2, -0.15) is 82.7 Å². The Kier molecular flexibility index (Phi) is 33.1. The molecule has 8 rings (SSSR count). The van der Waals surface area contributed by atoms with E-state index in [9.17, 15) is 127 Å². The maximum atomic E-state index is 14.1. The van der Waals surface area contributed by atoms with Gasteiger partial charge in [0.2, 0.25) is 0 Å². The first kappa shape index (κ1) is 97.5. The van der Waals surface area contributed by atoms with E-state index in [0.717, 1.165) is 30.9 Å². The van der Waals surface area contributed by atoms with Crippen LogP contribution in [0.15, 0.2) is 196 Å². The Bertz CT molecular complexity index is 4920. The fourth-order valence-corrected chi connectivity index (χ4v) is 18.3. The zero-order valence-electron chi connectivity index (χ0n) is 61.6. The highest BCUT2D eigenvalue weighted by Gasteiger charge is 2.83. The minimum absolute atomic E-state index is 0.0146. The number of halogens is 15. The Morgan fingerprint density at radius 1 is 0.452 bits per heavy atom. The standard InChI is InChI=1S/C18H19F9NO9S3.C18H20F6O10S2.C18H23OS.C18H15S/c1-4-14(2,3)13(29)36-10-9-11-5-7-12(8-6-11)37-40(34,35)17(23,24)15(19,20)16(21,22)38(30,31)28-39(32,33)18(25,26)27;1-4-15(2,3)14(26)33-10-9-32-13(25)11-5-7-12(8-6-11)34-36(30,31)18(23,24)16(19,20)17(21,22)35(27,28)29;1-2-3-12-19-17-10-11-18(20-13-6-7-14-20)16-9-5-4-8-15(16)17;1-4-10-16(11-5-1)19(17-12-6-2-7-13-17)18-14-8-3-9-15-18/h5-8H,4,9-10H2,1-3H3;5-8H,4,9-10H2,1-3H3,(H,27,28,29);4-5,8-11H,2-3,6-7,12-14H2,1H3;1-15H/q-1;;2*+1/p-1. The van der Waals surface area contributed by atoms with Crippen molar-refractivity contribution in [3.63, 3.8) is 0 Å². The van der Waals surface area contributed by atoms with E-state index >= 15 is 0 Å². The summed E-state index contributed by atoms with van der Waals surface area (Å²) < 4.78 is 352. The van der Waals surface area contributed by atoms with Crippen molar-refractivity contribution in [1.29, 1.82) is 0 Å². The molecule has 0 spiro atoms. The molecule has 0 radical (unpaired) electrons. The van der Waals surface area contributed by atoms with Gasteiger partial charge in [-0.15, -0.1) is 0 Å². The van der Waals surface area contributed by atoms with Crippen molar-refractivity contribution < 1.29 is 154 Å². The monoisotopic (exact) mass is 1780 g/mol. The van der Waals surface area contributed by atoms with E-state index in [0.29, 0.717) is 64.3 Å². The lowest BCUT2D eigenvalue weighted by Gasteiger charge is -2.35. The third kappa shape index (κ3) is 23.7. The van der Waals surface area contributed by atoms with Crippen molar-refractivity contribution in [3.05, 3.63) is 191 Å². The van der Waals surface area contributed by atoms with Crippen LogP contribution in [0.3, 0.4) is 0 Å². The summed E-state index contributed by atoms with van der Waals surface area (Å²) in [5.41, 5.74) is -8.42. The van der Waals surface area contributed by atoms with Crippen LogP contribution in [-0.4, -0.2) is 141 Å². The average Bonchev–Trinajstić information content (AvgIpc) is 0.781. The van der Waals surface area contributed by atoms with Crippen molar-refractivity contribution >= 4 is 101 Å². The summed E-state index contributed by atoms with van der Waals surface area (Å²) in [5, 5.41) is -25.9. The molecule has 7 aromatic carbocycles. The fraction of sp³-hybridized carbons (Fsp3) is 0.403. The second-order valence-corrected chi connectivity index (χ2v) is 38.0. The molecule has 115 heavy (non-hydrogen) atoms. The minimum Gasteiger partial charge on any atom is -0.743 e. The zero-order chi connectivity index (χ0) is 86.9. The summed E-state index contributed by atoms with van der Waals surface area (Å²) in [7, 11) is -36.7. The molecule has 1 saturated heterocycles. The third-order valence-corrected chi connectivity index (χ3v) is 27.9. The van der Waals surface area contributed by atoms with Crippen LogP contribution in [0.25, 0.3) is 14.9 Å². The van der Waals surface area contributed by atoms with Crippen molar-refractivity contribution in [2.45, 2.75) is 151 Å². The number of nitrogens with zero attached hydrogens (tertiary/aromatic N) is 1. The Hall–Kier alpha value is -8.07. The highest BCUT2D eigenvalue weighted by atomic mass is 32.3. The van der Waals surface area contributed by atoms with E-state index in [2.05, 4.69) is 143 Å². The van der Waals surface area contributed by atoms with Crippen LogP contribution in [0.2, 0.25) is 0 Å². The van der Waals surface area contributed by atoms with Gasteiger partial charge < -0.3 is 36.0 Å². The first-order valence-corrected chi connectivity index (χ1v) is 43.7. The van der Waals surface area contributed by atoms with Crippen LogP contribution in [0.5, 0.6) is 17.2 Å². The Morgan fingerprint density at radius 2 is 0.843 bits per heavy atom. The number of fused-ring (bicyclic) bond motifs is 1. The quantitative estimate of drug-likeness (QED) is 0.00701. The van der Waals surface area contributed by atoms with Crippen LogP contribution >= 0.6 is 0 Å². The summed E-state index contributed by atoms with van der Waals surface area (Å²) in [5.74, 6) is -15.6. The Balaban J connectivity index is 0.000000285. The minimum atomic E-state index is -8.01. The third-order valence-electron chi connectivity index (χ3n) is 16.6. The molecule has 636 valence electrons. The van der Waals surface area contributed by atoms with E-state index in [-0.39, 0.29) is 41.7 Å². The molecule has 21 nitrogen and oxygen atoms in total. The summed E-state index contributed by atoms with van der Waals surface area (Å²) in [6.07, 6.45) is 5.98. The van der Waals surface area contributed by atoms with Gasteiger partial charge in [-0.05, 0) is 156 Å². The van der Waals surface area contributed by atoms with Crippen LogP contribution in [-0.2, 0) is 102 Å². The number of ether oxygens (including phenoxy) is 4. The largest absolute Gasteiger partial charge is 0.743 e. The normalized spacial score (nSPS) is 13.9. The number of sulfonamides is 2. The first-order valence-electron chi connectivity index (χ1n) is 33.8. The van der Waals surface area contributed by atoms with Gasteiger partial charge in [0.1, 0.15) is 42.0 Å². The Labute approximate surface area is 659 Å². The smallest absolute Gasteiger partial charge is 0.480 e. The number of benzene rings is 7. The molecule has 43 heteroatoms. The van der Waals surface area contributed by atoms with E-state index in [1.54, 1.807) is 46.4 Å². The highest BCUT2D eigenvalue weighted by Crippen LogP contribution is 2.54. The fourth-order valence-electron chi connectivity index (χ4n) is 9.10. The Morgan fingerprint density at radius 3 is 1.25 bits per heavy atom. The maximum absolute atomic E-state index is 14.1. The summed E-state index contributed by atoms with van der Waals surface area (Å²) >= 11 is 0. The van der Waals surface area contributed by atoms with Gasteiger partial charge in [-0.25, -0.2) is 30.0 Å². The van der Waals surface area contributed by atoms with E-state index in [4.69, 9.17) is 18.9 Å². The molecule has 1 aliphatic heterocycles. The molecule has 1 heterocycles. The van der Waals surface area contributed by atoms with Gasteiger partial charge in [0.15, 0.2) is 49.7 Å². The van der Waals surface area contributed by atoms with E-state index in [1.807, 2.05) is 0 Å². The number of hydrogen-bond donors (Lipinski definition) is 0. The molecule has 0 atom stereocenters. The highest BCUT2D eigenvalue weighted by molar-refractivity contribution is 8.13. The topological polar surface area (TPSA) is 314 Å². The number of carbonyl (C=O) groups is 3. The number of rotatable bonds is 33. The van der Waals surface area contributed by atoms with Gasteiger partial charge >= 0.3 is 76.5 Å². The summed E-state index contributed by atoms with van der Waals surface area (Å²) in [4.78, 5) is 41.2. The van der Waals surface area contributed by atoms with Crippen LogP contribution in [0.1, 0.15) is 103 Å². The average molecular weight is 1780 g/mol. The molecule has 0 unspecified atom stereocenters. The molecule has 7 aromatic rings. The van der Waals surface area contributed by atoms with Crippen molar-refractivity contribution in [1.82, 2.24) is 0 Å². The number of alkyl halides is 15. The van der Waals surface area contributed by atoms with Crippen molar-refractivity contribution in [2.24, 2.45) is 10.8 Å². The number of unbranched alkanes of at least 4 members (excludes halogenated alkanes) is 1. The lowest BCUT2D eigenvalue weighted by molar-refractivity contribution is -0.247. The van der Waals surface area contributed by atoms with E-state index in [1.165, 1.54) is 56.2 Å². The van der Waals surface area contributed by atoms with Gasteiger partial charge in [-0.3, -0.25) is 9.59 Å². The van der Waals surface area contributed by atoms with Crippen molar-refractivity contribution in [3.8, 4) is 17.2 Å². The van der Waals surface area contributed by atoms with Crippen LogP contribution in [0, 0.1) is 10.8 Å². The molecule has 0 N–H and O–H groups in total. The molecule has 0 aromatic heterocycles. The predicted octanol–water partition coefficient (Wildman–Crippen LogP) is 16.8. The lowest BCUT2D eigenvalue weighted by atomic mass is 9.91. The SMILES string of the molecule is CCC(C)(C)C(=O)OCCOC(=O)c1ccc(OS(=O)(=O)C(F)(F)C(F)(F)C(F)(F)S(=O)(=O)[O-])cc1.CCC(C)(C)C(=O)OCCc1ccc(OS(=O)(=O)C(F)(F)C(F)(F)C(F)(F)S(=O)(=O)[N-]S(=O)(=O)C(F)(F)F)cc1.CCCCOc1ccc([S+]2CCCC2)c2ccccc12.c1ccc([S+](c2ccccc2)c2ccccc2)cc1. The second-order valence-electron chi connectivity index (χ2n) is 25.7. The molecule has 0 aliphatic carbocycles. The molecular formula is C72H76F15NO20S7. The summed E-state index contributed by atoms with van der Waals surface area (Å²) in [6, 6.07) is 50.9. The van der Waals surface area contributed by atoms with Gasteiger partial charge in [-0.1, -0.05) is 112 Å². The molecule has 0 bridgehead atoms. The van der Waals surface area contributed by atoms with Crippen molar-refractivity contribution in [2.75, 3.05) is 37.9 Å². The second kappa shape index (κ2) is 39.0. The van der Waals surface area contributed by atoms with Gasteiger partial charge in [0.05, 0.1) is 40.5 Å². The molecule has 1 aliphatic rings. The first-order chi connectivity index (χ1) is 53.0.